The van der Waals surface area contributed by atoms with Gasteiger partial charge in [-0.1, -0.05) is 78.9 Å². The van der Waals surface area contributed by atoms with Crippen LogP contribution in [-0.2, 0) is 16.6 Å². The number of benzene rings is 4. The lowest BCUT2D eigenvalue weighted by atomic mass is 10.0. The Morgan fingerprint density at radius 3 is 2.20 bits per heavy atom. The van der Waals surface area contributed by atoms with Crippen LogP contribution in [0.4, 0.5) is 5.69 Å². The second kappa shape index (κ2) is 11.0. The third-order valence-corrected chi connectivity index (χ3v) is 7.43. The fourth-order valence-corrected chi connectivity index (χ4v) is 5.30. The Bertz CT molecular complexity index is 1810. The quantitative estimate of drug-likeness (QED) is 0.158. The first kappa shape index (κ1) is 26.6. The van der Waals surface area contributed by atoms with Gasteiger partial charge in [-0.2, -0.15) is 0 Å². The monoisotopic (exact) mass is 549 g/mol. The minimum absolute atomic E-state index is 0.0315. The van der Waals surface area contributed by atoms with Crippen molar-refractivity contribution in [1.29, 1.82) is 5.41 Å². The Morgan fingerprint density at radius 1 is 0.800 bits per heavy atom. The second-order valence-corrected chi connectivity index (χ2v) is 10.8. The van der Waals surface area contributed by atoms with E-state index in [9.17, 15) is 13.2 Å². The summed E-state index contributed by atoms with van der Waals surface area (Å²) >= 11 is 0. The zero-order valence-electron chi connectivity index (χ0n) is 21.4. The summed E-state index contributed by atoms with van der Waals surface area (Å²) in [6.45, 7) is 0.575. The van der Waals surface area contributed by atoms with Crippen molar-refractivity contribution in [3.63, 3.8) is 0 Å². The summed E-state index contributed by atoms with van der Waals surface area (Å²) in [4.78, 5) is 13.6. The largest absolute Gasteiger partial charge is 0.384 e. The van der Waals surface area contributed by atoms with Gasteiger partial charge in [-0.05, 0) is 41.0 Å². The highest BCUT2D eigenvalue weighted by Gasteiger charge is 2.18. The fraction of sp³-hybridized carbons (Fsp3) is 0.0323. The van der Waals surface area contributed by atoms with Crippen LogP contribution in [0.2, 0.25) is 0 Å². The number of carbonyl (C=O) groups is 1. The first-order chi connectivity index (χ1) is 19.2. The molecule has 4 aromatic carbocycles. The molecule has 0 saturated heterocycles. The number of hydrogen-bond acceptors (Lipinski definition) is 4. The van der Waals surface area contributed by atoms with E-state index >= 15 is 0 Å². The average molecular weight is 550 g/mol. The first-order valence-electron chi connectivity index (χ1n) is 12.4. The van der Waals surface area contributed by atoms with Crippen molar-refractivity contribution in [2.75, 3.05) is 5.32 Å². The number of hydrogen-bond donors (Lipinski definition) is 4. The summed E-state index contributed by atoms with van der Waals surface area (Å²) in [5, 5.41) is 16.1. The Morgan fingerprint density at radius 2 is 1.50 bits per heavy atom. The van der Waals surface area contributed by atoms with Gasteiger partial charge in [0.2, 0.25) is 10.0 Å². The van der Waals surface area contributed by atoms with Gasteiger partial charge in [0.25, 0.3) is 5.91 Å². The van der Waals surface area contributed by atoms with E-state index in [2.05, 4.69) is 5.32 Å². The molecule has 0 saturated carbocycles. The molecule has 1 aromatic heterocycles. The fourth-order valence-electron chi connectivity index (χ4n) is 4.54. The van der Waals surface area contributed by atoms with Gasteiger partial charge in [0, 0.05) is 41.3 Å². The van der Waals surface area contributed by atoms with E-state index in [-0.39, 0.29) is 16.6 Å². The van der Waals surface area contributed by atoms with Crippen LogP contribution in [0.15, 0.2) is 120 Å². The van der Waals surface area contributed by atoms with Crippen LogP contribution >= 0.6 is 0 Å². The highest BCUT2D eigenvalue weighted by atomic mass is 32.2. The Balaban J connectivity index is 1.46. The van der Waals surface area contributed by atoms with Crippen LogP contribution < -0.4 is 16.2 Å². The maximum absolute atomic E-state index is 13.5. The third kappa shape index (κ3) is 5.85. The van der Waals surface area contributed by atoms with Gasteiger partial charge in [0.1, 0.15) is 5.84 Å². The number of amides is 1. The number of nitrogen functional groups attached to an aromatic ring is 1. The highest BCUT2D eigenvalue weighted by Crippen LogP contribution is 2.30. The van der Waals surface area contributed by atoms with Crippen LogP contribution in [0, 0.1) is 5.41 Å². The van der Waals surface area contributed by atoms with E-state index in [1.165, 1.54) is 6.07 Å². The molecule has 0 fully saturated rings. The summed E-state index contributed by atoms with van der Waals surface area (Å²) < 4.78 is 26.0. The van der Waals surface area contributed by atoms with Gasteiger partial charge in [-0.25, -0.2) is 13.6 Å². The van der Waals surface area contributed by atoms with Gasteiger partial charge in [0.05, 0.1) is 10.5 Å². The lowest BCUT2D eigenvalue weighted by Gasteiger charge is -2.10. The smallest absolute Gasteiger partial charge is 0.257 e. The number of carbonyl (C=O) groups excluding carboxylic acids is 1. The maximum atomic E-state index is 13.5. The zero-order chi connectivity index (χ0) is 28.3. The minimum atomic E-state index is -3.90. The molecule has 0 aliphatic rings. The summed E-state index contributed by atoms with van der Waals surface area (Å²) in [7, 11) is -3.90. The molecule has 0 aliphatic carbocycles. The van der Waals surface area contributed by atoms with Crippen LogP contribution in [0.5, 0.6) is 0 Å². The number of nitrogens with two attached hydrogens (primary N) is 2. The van der Waals surface area contributed by atoms with E-state index < -0.39 is 10.0 Å². The molecule has 0 atom stereocenters. The number of primary sulfonamides is 1. The predicted octanol–water partition coefficient (Wildman–Crippen LogP) is 5.05. The SMILES string of the molecule is N=C(N)c1cccc(-c2cn(Cc3ccccc3)cc2C(=O)Nc2ccc(-c3ccccc3S(N)(=O)=O)cc2)c1. The van der Waals surface area contributed by atoms with Gasteiger partial charge in [0.15, 0.2) is 0 Å². The van der Waals surface area contributed by atoms with Crippen molar-refractivity contribution < 1.29 is 13.2 Å². The van der Waals surface area contributed by atoms with Crippen molar-refractivity contribution in [2.24, 2.45) is 10.9 Å². The number of anilines is 1. The molecular weight excluding hydrogens is 522 g/mol. The molecule has 0 radical (unpaired) electrons. The van der Waals surface area contributed by atoms with Gasteiger partial charge < -0.3 is 15.6 Å². The molecule has 200 valence electrons. The maximum Gasteiger partial charge on any atom is 0.257 e. The number of sulfonamides is 1. The van der Waals surface area contributed by atoms with Gasteiger partial charge in [-0.15, -0.1) is 0 Å². The van der Waals surface area contributed by atoms with Crippen LogP contribution in [0.3, 0.4) is 0 Å². The van der Waals surface area contributed by atoms with E-state index in [0.717, 1.165) is 11.1 Å². The van der Waals surface area contributed by atoms with Gasteiger partial charge in [-0.3, -0.25) is 10.2 Å². The lowest BCUT2D eigenvalue weighted by Crippen LogP contribution is -2.13. The van der Waals surface area contributed by atoms with Crippen molar-refractivity contribution >= 4 is 27.5 Å². The minimum Gasteiger partial charge on any atom is -0.384 e. The van der Waals surface area contributed by atoms with Crippen LogP contribution in [0.1, 0.15) is 21.5 Å². The Kier molecular flexibility index (Phi) is 7.33. The Hall–Kier alpha value is -4.99. The van der Waals surface area contributed by atoms with Crippen LogP contribution in [0.25, 0.3) is 22.3 Å². The number of rotatable bonds is 8. The summed E-state index contributed by atoms with van der Waals surface area (Å²) in [5.74, 6) is -0.367. The topological polar surface area (TPSA) is 144 Å². The predicted molar refractivity (Wildman–Crippen MR) is 158 cm³/mol. The number of nitrogens with one attached hydrogen (secondary N) is 2. The molecule has 40 heavy (non-hydrogen) atoms. The zero-order valence-corrected chi connectivity index (χ0v) is 22.2. The molecule has 0 aliphatic heterocycles. The van der Waals surface area contributed by atoms with Crippen molar-refractivity contribution in [3.8, 4) is 22.3 Å². The van der Waals surface area contributed by atoms with Gasteiger partial charge >= 0.3 is 0 Å². The van der Waals surface area contributed by atoms with Crippen LogP contribution in [-0.4, -0.2) is 24.7 Å². The molecular formula is C31H27N5O3S. The number of aromatic nitrogens is 1. The van der Waals surface area contributed by atoms with Crippen molar-refractivity contribution in [1.82, 2.24) is 4.57 Å². The number of nitrogens with zero attached hydrogens (tertiary/aromatic N) is 1. The normalized spacial score (nSPS) is 11.2. The van der Waals surface area contributed by atoms with E-state index in [1.54, 1.807) is 66.9 Å². The van der Waals surface area contributed by atoms with E-state index in [4.69, 9.17) is 16.3 Å². The average Bonchev–Trinajstić information content (AvgIpc) is 3.37. The summed E-state index contributed by atoms with van der Waals surface area (Å²) in [6.07, 6.45) is 3.71. The molecule has 5 rings (SSSR count). The van der Waals surface area contributed by atoms with Crippen molar-refractivity contribution in [3.05, 3.63) is 132 Å². The third-order valence-electron chi connectivity index (χ3n) is 6.46. The first-order valence-corrected chi connectivity index (χ1v) is 14.0. The highest BCUT2D eigenvalue weighted by molar-refractivity contribution is 7.89. The lowest BCUT2D eigenvalue weighted by molar-refractivity contribution is 0.102. The molecule has 0 unspecified atom stereocenters. The van der Waals surface area contributed by atoms with E-state index in [0.29, 0.717) is 40.0 Å². The standard InChI is InChI=1S/C31H27N5O3S/c32-30(33)24-10-6-9-23(17-24)27-19-36(18-21-7-2-1-3-8-21)20-28(27)31(37)35-25-15-13-22(14-16-25)26-11-4-5-12-29(26)40(34,38)39/h1-17,19-20H,18H2,(H3,32,33)(H,35,37)(H2,34,38,39). The summed E-state index contributed by atoms with van der Waals surface area (Å²) in [5.41, 5.74) is 11.0. The molecule has 0 bridgehead atoms. The summed E-state index contributed by atoms with van der Waals surface area (Å²) in [6, 6.07) is 30.5. The molecule has 9 heteroatoms. The van der Waals surface area contributed by atoms with E-state index in [1.807, 2.05) is 47.2 Å². The number of amidine groups is 1. The molecule has 1 amide bonds. The molecule has 1 heterocycles. The molecule has 8 nitrogen and oxygen atoms in total. The van der Waals surface area contributed by atoms with Crippen molar-refractivity contribution in [2.45, 2.75) is 11.4 Å². The Labute approximate surface area is 232 Å². The molecule has 6 N–H and O–H groups in total. The molecule has 5 aromatic rings. The second-order valence-electron chi connectivity index (χ2n) is 9.31. The molecule has 0 spiro atoms.